The van der Waals surface area contributed by atoms with Gasteiger partial charge in [-0.25, -0.2) is 0 Å². The third kappa shape index (κ3) is 6.32. The predicted octanol–water partition coefficient (Wildman–Crippen LogP) is 7.08. The SMILES string of the molecule is C=C1C[C@H](CC=C(Br)Br)O[C@@H](CCO[Si](c2ccccc2)(c2ccccc2)C(C)(C)C)C1. The first-order valence-electron chi connectivity index (χ1n) is 11.3. The molecule has 0 bridgehead atoms. The summed E-state index contributed by atoms with van der Waals surface area (Å²) in [4.78, 5) is 0. The lowest BCUT2D eigenvalue weighted by Crippen LogP contribution is -2.66. The molecule has 0 unspecified atom stereocenters. The summed E-state index contributed by atoms with van der Waals surface area (Å²) < 4.78 is 14.4. The van der Waals surface area contributed by atoms with Gasteiger partial charge in [-0.05, 0) is 73.0 Å². The van der Waals surface area contributed by atoms with E-state index in [4.69, 9.17) is 9.16 Å². The quantitative estimate of drug-likeness (QED) is 0.246. The van der Waals surface area contributed by atoms with Crippen LogP contribution in [0.1, 0.15) is 46.5 Å². The number of hydrogen-bond donors (Lipinski definition) is 0. The van der Waals surface area contributed by atoms with Gasteiger partial charge in [-0.15, -0.1) is 0 Å². The minimum Gasteiger partial charge on any atom is -0.407 e. The van der Waals surface area contributed by atoms with Crippen molar-refractivity contribution in [3.05, 3.63) is 82.3 Å². The maximum absolute atomic E-state index is 7.04. The molecule has 2 aromatic rings. The Kier molecular flexibility index (Phi) is 9.16. The summed E-state index contributed by atoms with van der Waals surface area (Å²) in [6.45, 7) is 11.9. The van der Waals surface area contributed by atoms with Crippen LogP contribution in [0.15, 0.2) is 82.3 Å². The molecule has 0 N–H and O–H groups in total. The Morgan fingerprint density at radius 2 is 1.53 bits per heavy atom. The van der Waals surface area contributed by atoms with Gasteiger partial charge in [-0.1, -0.05) is 99.7 Å². The highest BCUT2D eigenvalue weighted by molar-refractivity contribution is 9.28. The van der Waals surface area contributed by atoms with Crippen molar-refractivity contribution in [1.29, 1.82) is 0 Å². The van der Waals surface area contributed by atoms with Gasteiger partial charge >= 0.3 is 0 Å². The fourth-order valence-corrected chi connectivity index (χ4v) is 9.68. The van der Waals surface area contributed by atoms with Crippen molar-refractivity contribution >= 4 is 50.6 Å². The van der Waals surface area contributed by atoms with Gasteiger partial charge in [0.2, 0.25) is 0 Å². The van der Waals surface area contributed by atoms with Crippen molar-refractivity contribution in [2.24, 2.45) is 0 Å². The van der Waals surface area contributed by atoms with Crippen LogP contribution in [0.2, 0.25) is 5.04 Å². The Hall–Kier alpha value is -0.983. The van der Waals surface area contributed by atoms with E-state index in [0.717, 1.165) is 29.1 Å². The van der Waals surface area contributed by atoms with E-state index in [1.54, 1.807) is 0 Å². The number of hydrogen-bond acceptors (Lipinski definition) is 2. The lowest BCUT2D eigenvalue weighted by atomic mass is 9.96. The van der Waals surface area contributed by atoms with E-state index in [2.05, 4.69) is 126 Å². The van der Waals surface area contributed by atoms with Crippen LogP contribution in [0.25, 0.3) is 0 Å². The van der Waals surface area contributed by atoms with E-state index < -0.39 is 8.32 Å². The van der Waals surface area contributed by atoms with Crippen molar-refractivity contribution in [3.8, 4) is 0 Å². The van der Waals surface area contributed by atoms with Crippen LogP contribution < -0.4 is 10.4 Å². The molecule has 1 fully saturated rings. The molecule has 32 heavy (non-hydrogen) atoms. The molecule has 1 aliphatic heterocycles. The zero-order valence-corrected chi connectivity index (χ0v) is 23.5. The Bertz CT molecular complexity index is 863. The van der Waals surface area contributed by atoms with Crippen LogP contribution in [0.4, 0.5) is 0 Å². The molecule has 1 saturated heterocycles. The van der Waals surface area contributed by atoms with Crippen molar-refractivity contribution in [2.75, 3.05) is 6.61 Å². The third-order valence-corrected chi connectivity index (χ3v) is 11.8. The standard InChI is InChI=1S/C27H34Br2O2Si/c1-21-19-22(15-16-26(28)29)31-23(20-21)17-18-30-32(27(2,3)4,24-11-7-5-8-12-24)25-13-9-6-10-14-25/h5-14,16,22-23H,1,15,17-20H2,2-4H3/t22-,23-/m0/s1. The number of ether oxygens (including phenoxy) is 1. The van der Waals surface area contributed by atoms with Crippen LogP contribution in [0.3, 0.4) is 0 Å². The van der Waals surface area contributed by atoms with E-state index >= 15 is 0 Å². The molecule has 0 aromatic heterocycles. The summed E-state index contributed by atoms with van der Waals surface area (Å²) in [5.41, 5.74) is 1.27. The molecule has 0 saturated carbocycles. The van der Waals surface area contributed by atoms with E-state index in [0.29, 0.717) is 6.61 Å². The monoisotopic (exact) mass is 576 g/mol. The summed E-state index contributed by atoms with van der Waals surface area (Å²) >= 11 is 6.88. The molecule has 2 aromatic carbocycles. The zero-order chi connectivity index (χ0) is 23.2. The Balaban J connectivity index is 1.81. The van der Waals surface area contributed by atoms with Crippen molar-refractivity contribution in [3.63, 3.8) is 0 Å². The van der Waals surface area contributed by atoms with Gasteiger partial charge in [-0.3, -0.25) is 0 Å². The van der Waals surface area contributed by atoms with Gasteiger partial charge in [-0.2, -0.15) is 0 Å². The van der Waals surface area contributed by atoms with E-state index in [9.17, 15) is 0 Å². The molecule has 0 aliphatic carbocycles. The molecule has 0 spiro atoms. The maximum Gasteiger partial charge on any atom is 0.261 e. The number of rotatable bonds is 8. The molecular weight excluding hydrogens is 544 g/mol. The predicted molar refractivity (Wildman–Crippen MR) is 146 cm³/mol. The normalized spacial score (nSPS) is 19.6. The van der Waals surface area contributed by atoms with Crippen molar-refractivity contribution in [1.82, 2.24) is 0 Å². The molecule has 2 atom stereocenters. The second-order valence-electron chi connectivity index (χ2n) is 9.57. The summed E-state index contributed by atoms with van der Waals surface area (Å²) in [5, 5.41) is 2.62. The van der Waals surface area contributed by atoms with Gasteiger partial charge in [0.05, 0.1) is 15.6 Å². The number of halogens is 2. The van der Waals surface area contributed by atoms with E-state index in [1.165, 1.54) is 15.9 Å². The van der Waals surface area contributed by atoms with Crippen LogP contribution in [-0.4, -0.2) is 27.1 Å². The smallest absolute Gasteiger partial charge is 0.261 e. The molecule has 1 heterocycles. The molecular formula is C27H34Br2O2Si. The fourth-order valence-electron chi connectivity index (χ4n) is 4.73. The summed E-state index contributed by atoms with van der Waals surface area (Å²) in [6, 6.07) is 21.6. The maximum atomic E-state index is 7.04. The van der Waals surface area contributed by atoms with Crippen LogP contribution in [0.5, 0.6) is 0 Å². The topological polar surface area (TPSA) is 18.5 Å². The minimum atomic E-state index is -2.50. The zero-order valence-electron chi connectivity index (χ0n) is 19.3. The largest absolute Gasteiger partial charge is 0.407 e. The van der Waals surface area contributed by atoms with Crippen LogP contribution >= 0.6 is 31.9 Å². The lowest BCUT2D eigenvalue weighted by Gasteiger charge is -2.43. The van der Waals surface area contributed by atoms with Crippen LogP contribution in [0, 0.1) is 0 Å². The molecule has 0 amide bonds. The van der Waals surface area contributed by atoms with Crippen LogP contribution in [-0.2, 0) is 9.16 Å². The second kappa shape index (κ2) is 11.4. The van der Waals surface area contributed by atoms with E-state index in [-0.39, 0.29) is 17.2 Å². The summed E-state index contributed by atoms with van der Waals surface area (Å²) in [6.07, 6.45) is 6.03. The highest BCUT2D eigenvalue weighted by Crippen LogP contribution is 2.37. The first-order valence-corrected chi connectivity index (χ1v) is 14.8. The summed E-state index contributed by atoms with van der Waals surface area (Å²) in [7, 11) is -2.50. The van der Waals surface area contributed by atoms with Gasteiger partial charge in [0.1, 0.15) is 0 Å². The molecule has 172 valence electrons. The molecule has 2 nitrogen and oxygen atoms in total. The average molecular weight is 578 g/mol. The molecule has 5 heteroatoms. The highest BCUT2D eigenvalue weighted by Gasteiger charge is 2.50. The van der Waals surface area contributed by atoms with E-state index in [1.807, 2.05) is 0 Å². The number of benzene rings is 2. The Labute approximate surface area is 211 Å². The molecule has 3 rings (SSSR count). The average Bonchev–Trinajstić information content (AvgIpc) is 2.75. The minimum absolute atomic E-state index is 0.0117. The third-order valence-electron chi connectivity index (χ3n) is 6.13. The Morgan fingerprint density at radius 1 is 1.00 bits per heavy atom. The fraction of sp³-hybridized carbons (Fsp3) is 0.407. The highest BCUT2D eigenvalue weighted by atomic mass is 79.9. The second-order valence-corrected chi connectivity index (χ2v) is 16.6. The first-order chi connectivity index (χ1) is 15.2. The van der Waals surface area contributed by atoms with Gasteiger partial charge < -0.3 is 9.16 Å². The van der Waals surface area contributed by atoms with Gasteiger partial charge in [0.15, 0.2) is 0 Å². The molecule has 1 aliphatic rings. The Morgan fingerprint density at radius 3 is 2.03 bits per heavy atom. The van der Waals surface area contributed by atoms with Crippen molar-refractivity contribution in [2.45, 2.75) is 63.7 Å². The lowest BCUT2D eigenvalue weighted by molar-refractivity contribution is -0.0378. The van der Waals surface area contributed by atoms with Gasteiger partial charge in [0.25, 0.3) is 8.32 Å². The first kappa shape index (κ1) is 25.6. The summed E-state index contributed by atoms with van der Waals surface area (Å²) in [5.74, 6) is 0. The molecule has 0 radical (unpaired) electrons. The van der Waals surface area contributed by atoms with Crippen molar-refractivity contribution < 1.29 is 9.16 Å². The van der Waals surface area contributed by atoms with Gasteiger partial charge in [0, 0.05) is 6.61 Å².